The van der Waals surface area contributed by atoms with E-state index in [9.17, 15) is 18.0 Å². The van der Waals surface area contributed by atoms with Gasteiger partial charge in [0.2, 0.25) is 0 Å². The first-order valence-corrected chi connectivity index (χ1v) is 6.06. The molecule has 0 aliphatic carbocycles. The average Bonchev–Trinajstić information content (AvgIpc) is 2.10. The Bertz CT molecular complexity index is 385. The number of rotatable bonds is 6. The second-order valence-corrected chi connectivity index (χ2v) is 4.90. The van der Waals surface area contributed by atoms with Crippen molar-refractivity contribution < 1.29 is 32.8 Å². The van der Waals surface area contributed by atoms with Gasteiger partial charge in [0.15, 0.2) is 5.25 Å². The molecule has 0 aromatic heterocycles. The summed E-state index contributed by atoms with van der Waals surface area (Å²) in [5.41, 5.74) is -2.01. The van der Waals surface area contributed by atoms with Crippen LogP contribution in [0.25, 0.3) is 0 Å². The van der Waals surface area contributed by atoms with Crippen molar-refractivity contribution in [3.63, 3.8) is 0 Å². The fraction of sp³-hybridized carbons (Fsp3) is 0.750. The second-order valence-electron chi connectivity index (χ2n) is 3.40. The molecule has 0 aliphatic rings. The van der Waals surface area contributed by atoms with Crippen molar-refractivity contribution in [2.75, 3.05) is 0 Å². The molecule has 0 amide bonds. The Hall–Kier alpha value is -0.553. The Labute approximate surface area is 111 Å². The minimum atomic E-state index is -4.97. The van der Waals surface area contributed by atoms with E-state index in [4.69, 9.17) is 14.8 Å². The third kappa shape index (κ3) is 3.71. The van der Waals surface area contributed by atoms with Crippen LogP contribution in [-0.4, -0.2) is 59.2 Å². The summed E-state index contributed by atoms with van der Waals surface area (Å²) < 4.78 is 30.7. The van der Waals surface area contributed by atoms with Gasteiger partial charge in [-0.25, -0.2) is 0 Å². The van der Waals surface area contributed by atoms with Gasteiger partial charge in [-0.3, -0.25) is 14.1 Å². The fourth-order valence-corrected chi connectivity index (χ4v) is 2.94. The van der Waals surface area contributed by atoms with E-state index in [0.29, 0.717) is 0 Å². The molecule has 0 aromatic carbocycles. The van der Waals surface area contributed by atoms with Gasteiger partial charge in [-0.2, -0.15) is 8.42 Å². The molecule has 17 heavy (non-hydrogen) atoms. The summed E-state index contributed by atoms with van der Waals surface area (Å²) in [6.07, 6.45) is -0.425. The number of carbonyl (C=O) groups is 2. The molecule has 0 bridgehead atoms. The van der Waals surface area contributed by atoms with Crippen molar-refractivity contribution in [3.8, 4) is 0 Å². The molecule has 0 rings (SSSR count). The van der Waals surface area contributed by atoms with E-state index in [1.54, 1.807) is 0 Å². The van der Waals surface area contributed by atoms with Crippen LogP contribution in [0.4, 0.5) is 0 Å². The molecule has 0 saturated carbocycles. The van der Waals surface area contributed by atoms with E-state index < -0.39 is 32.7 Å². The Morgan fingerprint density at radius 2 is 1.53 bits per heavy atom. The van der Waals surface area contributed by atoms with Gasteiger partial charge in [-0.1, -0.05) is 13.8 Å². The van der Waals surface area contributed by atoms with Crippen LogP contribution >= 0.6 is 0 Å². The minimum Gasteiger partial charge on any atom is -0.481 e. The minimum absolute atomic E-state index is 0. The smallest absolute Gasteiger partial charge is 0.325 e. The molecule has 7 nitrogen and oxygen atoms in total. The fourth-order valence-electron chi connectivity index (χ4n) is 1.68. The van der Waals surface area contributed by atoms with E-state index in [1.807, 2.05) is 0 Å². The Morgan fingerprint density at radius 1 is 1.18 bits per heavy atom. The first kappa shape index (κ1) is 18.8. The van der Waals surface area contributed by atoms with Crippen LogP contribution in [0.3, 0.4) is 0 Å². The number of hydrogen-bond acceptors (Lipinski definition) is 4. The van der Waals surface area contributed by atoms with Gasteiger partial charge in [-0.05, 0) is 12.8 Å². The molecule has 0 aromatic rings. The number of hydrogen-bond donors (Lipinski definition) is 3. The third-order valence-electron chi connectivity index (χ3n) is 2.71. The van der Waals surface area contributed by atoms with E-state index in [1.165, 1.54) is 13.8 Å². The topological polar surface area (TPSA) is 129 Å². The van der Waals surface area contributed by atoms with Crippen molar-refractivity contribution >= 4 is 40.9 Å². The third-order valence-corrected chi connectivity index (χ3v) is 3.96. The maximum Gasteiger partial charge on any atom is 0.325 e. The molecule has 0 spiro atoms. The van der Waals surface area contributed by atoms with Gasteiger partial charge < -0.3 is 10.2 Å². The van der Waals surface area contributed by atoms with E-state index in [2.05, 4.69) is 0 Å². The standard InChI is InChI=1S/C8H14O7S.Li/c1-3-8(4-2,7(11)12)5(6(9)10)16(13,14)15;/h5H,3-4H2,1-2H3,(H,9,10)(H,11,12)(H,13,14,15);. The van der Waals surface area contributed by atoms with Crippen LogP contribution < -0.4 is 0 Å². The first-order valence-electron chi connectivity index (χ1n) is 4.56. The summed E-state index contributed by atoms with van der Waals surface area (Å²) in [6.45, 7) is 2.72. The molecule has 0 aliphatic heterocycles. The maximum absolute atomic E-state index is 11.0. The summed E-state index contributed by atoms with van der Waals surface area (Å²) in [5.74, 6) is -3.42. The van der Waals surface area contributed by atoms with Crippen LogP contribution in [-0.2, 0) is 19.7 Å². The summed E-state index contributed by atoms with van der Waals surface area (Å²) in [6, 6.07) is 0. The van der Waals surface area contributed by atoms with Crippen molar-refractivity contribution in [2.24, 2.45) is 5.41 Å². The van der Waals surface area contributed by atoms with Crippen LogP contribution in [0.5, 0.6) is 0 Å². The number of carboxylic acid groups (broad SMARTS) is 2. The van der Waals surface area contributed by atoms with E-state index >= 15 is 0 Å². The second kappa shape index (κ2) is 6.40. The number of carboxylic acids is 2. The van der Waals surface area contributed by atoms with Crippen molar-refractivity contribution in [2.45, 2.75) is 31.9 Å². The van der Waals surface area contributed by atoms with Crippen LogP contribution in [0.2, 0.25) is 0 Å². The molecule has 1 unspecified atom stereocenters. The first-order chi connectivity index (χ1) is 7.13. The van der Waals surface area contributed by atoms with Gasteiger partial charge >= 0.3 is 11.9 Å². The summed E-state index contributed by atoms with van der Waals surface area (Å²) in [7, 11) is -4.97. The van der Waals surface area contributed by atoms with Gasteiger partial charge in [-0.15, -0.1) is 0 Å². The van der Waals surface area contributed by atoms with E-state index in [-0.39, 0.29) is 31.7 Å². The molecular weight excluding hydrogens is 247 g/mol. The molecule has 0 heterocycles. The largest absolute Gasteiger partial charge is 0.481 e. The zero-order valence-electron chi connectivity index (χ0n) is 9.87. The van der Waals surface area contributed by atoms with Gasteiger partial charge in [0.05, 0.1) is 5.41 Å². The zero-order valence-corrected chi connectivity index (χ0v) is 10.7. The Kier molecular flexibility index (Phi) is 7.08. The van der Waals surface area contributed by atoms with Crippen LogP contribution in [0.15, 0.2) is 0 Å². The number of aliphatic carboxylic acids is 2. The summed E-state index contributed by atoms with van der Waals surface area (Å²) in [4.78, 5) is 21.8. The van der Waals surface area contributed by atoms with Gasteiger partial charge in [0.1, 0.15) is 0 Å². The molecule has 0 saturated heterocycles. The van der Waals surface area contributed by atoms with Crippen LogP contribution in [0.1, 0.15) is 26.7 Å². The Balaban J connectivity index is 0. The van der Waals surface area contributed by atoms with Crippen LogP contribution in [0, 0.1) is 5.41 Å². The van der Waals surface area contributed by atoms with Crippen molar-refractivity contribution in [1.82, 2.24) is 0 Å². The van der Waals surface area contributed by atoms with Gasteiger partial charge in [0, 0.05) is 18.9 Å². The normalized spacial score (nSPS) is 13.6. The van der Waals surface area contributed by atoms with E-state index in [0.717, 1.165) is 0 Å². The molecular formula is C8H14LiO7S. The predicted octanol–water partition coefficient (Wildman–Crippen LogP) is -0.162. The van der Waals surface area contributed by atoms with Crippen molar-refractivity contribution in [1.29, 1.82) is 0 Å². The summed E-state index contributed by atoms with van der Waals surface area (Å²) >= 11 is 0. The monoisotopic (exact) mass is 261 g/mol. The predicted molar refractivity (Wildman–Crippen MR) is 59.4 cm³/mol. The zero-order chi connectivity index (χ0) is 13.1. The van der Waals surface area contributed by atoms with Crippen molar-refractivity contribution in [3.05, 3.63) is 0 Å². The molecule has 3 N–H and O–H groups in total. The molecule has 1 atom stereocenters. The average molecular weight is 261 g/mol. The summed E-state index contributed by atoms with van der Waals surface area (Å²) in [5, 5.41) is 15.4. The molecule has 95 valence electrons. The molecule has 9 heteroatoms. The molecule has 1 radical (unpaired) electrons. The van der Waals surface area contributed by atoms with Gasteiger partial charge in [0.25, 0.3) is 10.1 Å². The quantitative estimate of drug-likeness (QED) is 0.447. The SMILES string of the molecule is CCC(CC)(C(=O)O)C(C(=O)O)S(=O)(=O)O.[Li]. The Morgan fingerprint density at radius 3 is 1.59 bits per heavy atom. The molecule has 0 fully saturated rings. The maximum atomic E-state index is 11.0.